The molecule has 1 atom stereocenters. The summed E-state index contributed by atoms with van der Waals surface area (Å²) in [6, 6.07) is 19.2. The first kappa shape index (κ1) is 24.8. The Morgan fingerprint density at radius 2 is 1.93 bits per heavy atom. The fraction of sp³-hybridized carbons (Fsp3) is 0.435. The highest BCUT2D eigenvalue weighted by molar-refractivity contribution is 14.0. The van der Waals surface area contributed by atoms with E-state index in [0.29, 0.717) is 12.5 Å². The van der Waals surface area contributed by atoms with Crippen LogP contribution >= 0.6 is 35.7 Å². The Labute approximate surface area is 202 Å². The van der Waals surface area contributed by atoms with Gasteiger partial charge in [-0.25, -0.2) is 0 Å². The van der Waals surface area contributed by atoms with Crippen molar-refractivity contribution in [2.45, 2.75) is 17.9 Å². The predicted molar refractivity (Wildman–Crippen MR) is 139 cm³/mol. The highest BCUT2D eigenvalue weighted by Gasteiger charge is 2.24. The number of aliphatic imine (C=N–C) groups is 1. The Balaban J connectivity index is 0.00000320. The smallest absolute Gasteiger partial charge is 0.193 e. The summed E-state index contributed by atoms with van der Waals surface area (Å²) in [4.78, 5) is 8.24. The third kappa shape index (κ3) is 8.00. The summed E-state index contributed by atoms with van der Waals surface area (Å²) in [6.45, 7) is 4.45. The van der Waals surface area contributed by atoms with Crippen LogP contribution in [-0.4, -0.2) is 57.0 Å². The fourth-order valence-electron chi connectivity index (χ4n) is 3.44. The molecule has 0 spiro atoms. The quantitative estimate of drug-likeness (QED) is 0.161. The molecule has 0 bridgehead atoms. The first-order valence-electron chi connectivity index (χ1n) is 10.2. The molecule has 1 aliphatic rings. The molecular formula is C23H33IN4OS. The molecule has 0 aliphatic carbocycles. The van der Waals surface area contributed by atoms with Crippen LogP contribution in [0, 0.1) is 5.92 Å². The first-order chi connectivity index (χ1) is 14.3. The van der Waals surface area contributed by atoms with E-state index in [-0.39, 0.29) is 24.0 Å². The minimum Gasteiger partial charge on any atom is -0.383 e. The van der Waals surface area contributed by atoms with Crippen molar-refractivity contribution < 1.29 is 4.74 Å². The summed E-state index contributed by atoms with van der Waals surface area (Å²) >= 11 is 1.96. The SMILES string of the molecule is CN=C(NCc1ccc(NCCOC)cc1)N1CCC(CSc2ccccc2)C1.I. The average Bonchev–Trinajstić information content (AvgIpc) is 3.23. The standard InChI is InChI=1S/C23H32N4OS.HI/c1-24-23(26-16-19-8-10-21(11-9-19)25-13-15-28-2)27-14-12-20(17-27)18-29-22-6-4-3-5-7-22;/h3-11,20,25H,12-18H2,1-2H3,(H,24,26);1H. The number of methoxy groups -OCH3 is 1. The molecule has 1 heterocycles. The predicted octanol–water partition coefficient (Wildman–Crippen LogP) is 4.55. The fourth-order valence-corrected chi connectivity index (χ4v) is 4.49. The van der Waals surface area contributed by atoms with Crippen molar-refractivity contribution >= 4 is 47.4 Å². The lowest BCUT2D eigenvalue weighted by Crippen LogP contribution is -2.39. The maximum atomic E-state index is 5.07. The molecule has 164 valence electrons. The largest absolute Gasteiger partial charge is 0.383 e. The number of rotatable bonds is 9. The number of hydrogen-bond donors (Lipinski definition) is 2. The molecule has 3 rings (SSSR count). The molecule has 30 heavy (non-hydrogen) atoms. The van der Waals surface area contributed by atoms with Gasteiger partial charge in [-0.15, -0.1) is 35.7 Å². The Bertz CT molecular complexity index is 758. The van der Waals surface area contributed by atoms with Crippen LogP contribution in [-0.2, 0) is 11.3 Å². The summed E-state index contributed by atoms with van der Waals surface area (Å²) in [5.41, 5.74) is 2.37. The Kier molecular flexibility index (Phi) is 11.4. The van der Waals surface area contributed by atoms with Crippen LogP contribution in [0.1, 0.15) is 12.0 Å². The maximum absolute atomic E-state index is 5.07. The molecule has 0 amide bonds. The molecule has 1 aliphatic heterocycles. The van der Waals surface area contributed by atoms with Crippen molar-refractivity contribution in [3.05, 3.63) is 60.2 Å². The van der Waals surface area contributed by atoms with Gasteiger partial charge < -0.3 is 20.3 Å². The highest BCUT2D eigenvalue weighted by Crippen LogP contribution is 2.25. The van der Waals surface area contributed by atoms with E-state index in [0.717, 1.165) is 43.6 Å². The zero-order chi connectivity index (χ0) is 20.3. The van der Waals surface area contributed by atoms with Crippen LogP contribution in [0.5, 0.6) is 0 Å². The van der Waals surface area contributed by atoms with Gasteiger partial charge in [0.05, 0.1) is 6.61 Å². The van der Waals surface area contributed by atoms with E-state index < -0.39 is 0 Å². The van der Waals surface area contributed by atoms with Crippen LogP contribution in [0.25, 0.3) is 0 Å². The number of thioether (sulfide) groups is 1. The van der Waals surface area contributed by atoms with E-state index >= 15 is 0 Å². The zero-order valence-electron chi connectivity index (χ0n) is 17.8. The van der Waals surface area contributed by atoms with Crippen molar-refractivity contribution in [2.24, 2.45) is 10.9 Å². The normalized spacial score (nSPS) is 16.3. The molecule has 0 saturated carbocycles. The van der Waals surface area contributed by atoms with Crippen LogP contribution in [0.4, 0.5) is 5.69 Å². The van der Waals surface area contributed by atoms with Crippen molar-refractivity contribution in [2.75, 3.05) is 51.5 Å². The van der Waals surface area contributed by atoms with E-state index in [1.54, 1.807) is 7.11 Å². The van der Waals surface area contributed by atoms with Gasteiger partial charge >= 0.3 is 0 Å². The topological polar surface area (TPSA) is 48.9 Å². The van der Waals surface area contributed by atoms with Crippen LogP contribution in [0.2, 0.25) is 0 Å². The van der Waals surface area contributed by atoms with Crippen molar-refractivity contribution in [1.29, 1.82) is 0 Å². The van der Waals surface area contributed by atoms with Gasteiger partial charge in [0, 0.05) is 56.7 Å². The summed E-state index contributed by atoms with van der Waals surface area (Å²) in [7, 11) is 3.59. The second kappa shape index (κ2) is 13.8. The second-order valence-electron chi connectivity index (χ2n) is 7.24. The summed E-state index contributed by atoms with van der Waals surface area (Å²) in [5.74, 6) is 2.87. The van der Waals surface area contributed by atoms with E-state index in [2.05, 4.69) is 75.1 Å². The molecule has 1 saturated heterocycles. The number of halogens is 1. The Morgan fingerprint density at radius 1 is 1.17 bits per heavy atom. The maximum Gasteiger partial charge on any atom is 0.193 e. The molecule has 0 radical (unpaired) electrons. The molecule has 1 unspecified atom stereocenters. The minimum atomic E-state index is 0. The van der Waals surface area contributed by atoms with Gasteiger partial charge in [0.1, 0.15) is 0 Å². The number of ether oxygens (including phenoxy) is 1. The molecule has 5 nitrogen and oxygen atoms in total. The van der Waals surface area contributed by atoms with Crippen LogP contribution < -0.4 is 10.6 Å². The number of benzene rings is 2. The lowest BCUT2D eigenvalue weighted by Gasteiger charge is -2.22. The zero-order valence-corrected chi connectivity index (χ0v) is 21.0. The molecule has 2 aromatic rings. The second-order valence-corrected chi connectivity index (χ2v) is 8.34. The molecule has 1 fully saturated rings. The number of anilines is 1. The van der Waals surface area contributed by atoms with Crippen molar-refractivity contribution in [3.63, 3.8) is 0 Å². The van der Waals surface area contributed by atoms with Gasteiger partial charge in [-0.3, -0.25) is 4.99 Å². The van der Waals surface area contributed by atoms with Crippen LogP contribution in [0.15, 0.2) is 64.5 Å². The first-order valence-corrected chi connectivity index (χ1v) is 11.2. The van der Waals surface area contributed by atoms with E-state index in [4.69, 9.17) is 4.74 Å². The highest BCUT2D eigenvalue weighted by atomic mass is 127. The number of likely N-dealkylation sites (tertiary alicyclic amines) is 1. The third-order valence-electron chi connectivity index (χ3n) is 5.07. The number of nitrogens with one attached hydrogen (secondary N) is 2. The van der Waals surface area contributed by atoms with E-state index in [1.165, 1.54) is 16.9 Å². The third-order valence-corrected chi connectivity index (χ3v) is 6.31. The van der Waals surface area contributed by atoms with Crippen molar-refractivity contribution in [1.82, 2.24) is 10.2 Å². The van der Waals surface area contributed by atoms with Gasteiger partial charge in [-0.05, 0) is 42.2 Å². The van der Waals surface area contributed by atoms with E-state index in [9.17, 15) is 0 Å². The summed E-state index contributed by atoms with van der Waals surface area (Å²) in [6.07, 6.45) is 1.22. The Morgan fingerprint density at radius 3 is 2.63 bits per heavy atom. The van der Waals surface area contributed by atoms with Gasteiger partial charge in [0.2, 0.25) is 0 Å². The summed E-state index contributed by atoms with van der Waals surface area (Å²) in [5, 5.41) is 6.87. The Hall–Kier alpha value is -1.45. The lowest BCUT2D eigenvalue weighted by molar-refractivity contribution is 0.211. The van der Waals surface area contributed by atoms with Gasteiger partial charge in [0.25, 0.3) is 0 Å². The monoisotopic (exact) mass is 540 g/mol. The number of guanidine groups is 1. The number of nitrogens with zero attached hydrogens (tertiary/aromatic N) is 2. The van der Waals surface area contributed by atoms with Gasteiger partial charge in [-0.1, -0.05) is 30.3 Å². The molecule has 7 heteroatoms. The molecule has 2 aromatic carbocycles. The van der Waals surface area contributed by atoms with E-state index in [1.807, 2.05) is 18.8 Å². The van der Waals surface area contributed by atoms with Gasteiger partial charge in [0.15, 0.2) is 5.96 Å². The van der Waals surface area contributed by atoms with Crippen LogP contribution in [0.3, 0.4) is 0 Å². The molecular weight excluding hydrogens is 507 g/mol. The number of hydrogen-bond acceptors (Lipinski definition) is 4. The summed E-state index contributed by atoms with van der Waals surface area (Å²) < 4.78 is 5.07. The average molecular weight is 541 g/mol. The van der Waals surface area contributed by atoms with Crippen molar-refractivity contribution in [3.8, 4) is 0 Å². The minimum absolute atomic E-state index is 0. The van der Waals surface area contributed by atoms with Gasteiger partial charge in [-0.2, -0.15) is 0 Å². The lowest BCUT2D eigenvalue weighted by atomic mass is 10.2. The molecule has 0 aromatic heterocycles. The molecule has 2 N–H and O–H groups in total.